The third kappa shape index (κ3) is 3.60. The molecule has 0 N–H and O–H groups in total. The fourth-order valence-electron chi connectivity index (χ4n) is 3.79. The van der Waals surface area contributed by atoms with Crippen LogP contribution < -0.4 is 0 Å². The molecule has 0 spiro atoms. The average Bonchev–Trinajstić information content (AvgIpc) is 3.31. The van der Waals surface area contributed by atoms with Crippen molar-refractivity contribution < 1.29 is 18.7 Å². The first-order valence-electron chi connectivity index (χ1n) is 8.75. The van der Waals surface area contributed by atoms with Crippen molar-refractivity contribution in [1.82, 2.24) is 9.88 Å². The highest BCUT2D eigenvalue weighted by molar-refractivity contribution is 5.91. The van der Waals surface area contributed by atoms with Crippen molar-refractivity contribution in [3.63, 3.8) is 0 Å². The summed E-state index contributed by atoms with van der Waals surface area (Å²) in [6.07, 6.45) is 5.23. The number of nitrogens with zero attached hydrogens (tertiary/aromatic N) is 2. The van der Waals surface area contributed by atoms with Crippen LogP contribution in [-0.2, 0) is 16.1 Å². The maximum Gasteiger partial charge on any atom is 0.289 e. The standard InChI is InChI=1S/C19H22N2O4/c22-19(17-5-3-8-24-17)21-7-9-25-18-11-14(10-16(18)21)12-23-13-15-4-1-2-6-20-15/h1-6,8,14,16,18H,7,9-13H2/t14-,16+,18+/m0/s1. The van der Waals surface area contributed by atoms with E-state index in [2.05, 4.69) is 4.98 Å². The molecule has 2 aliphatic rings. The van der Waals surface area contributed by atoms with Gasteiger partial charge in [0.15, 0.2) is 5.76 Å². The van der Waals surface area contributed by atoms with Gasteiger partial charge in [0.2, 0.25) is 0 Å². The summed E-state index contributed by atoms with van der Waals surface area (Å²) in [5, 5.41) is 0. The fraction of sp³-hybridized carbons (Fsp3) is 0.474. The number of ether oxygens (including phenoxy) is 2. The van der Waals surface area contributed by atoms with Crippen LogP contribution in [-0.4, -0.2) is 47.7 Å². The summed E-state index contributed by atoms with van der Waals surface area (Å²) in [6.45, 7) is 2.37. The zero-order valence-corrected chi connectivity index (χ0v) is 14.0. The Morgan fingerprint density at radius 1 is 1.28 bits per heavy atom. The number of fused-ring (bicyclic) bond motifs is 1. The van der Waals surface area contributed by atoms with Crippen LogP contribution in [0, 0.1) is 5.92 Å². The molecule has 3 atom stereocenters. The van der Waals surface area contributed by atoms with Gasteiger partial charge in [0.05, 0.1) is 43.9 Å². The molecule has 1 saturated carbocycles. The highest BCUT2D eigenvalue weighted by Crippen LogP contribution is 2.35. The molecule has 3 heterocycles. The van der Waals surface area contributed by atoms with Crippen LogP contribution >= 0.6 is 0 Å². The van der Waals surface area contributed by atoms with Crippen LogP contribution in [0.3, 0.4) is 0 Å². The minimum absolute atomic E-state index is 0.0432. The number of pyridine rings is 1. The SMILES string of the molecule is O=C(c1ccco1)N1CCO[C@@H]2C[C@@H](COCc3ccccn3)C[C@H]21. The number of morpholine rings is 1. The van der Waals surface area contributed by atoms with Crippen molar-refractivity contribution in [2.24, 2.45) is 5.92 Å². The predicted molar refractivity (Wildman–Crippen MR) is 89.9 cm³/mol. The highest BCUT2D eigenvalue weighted by Gasteiger charge is 2.43. The van der Waals surface area contributed by atoms with Gasteiger partial charge in [-0.05, 0) is 43.0 Å². The molecule has 2 aromatic heterocycles. The molecule has 4 rings (SSSR count). The molecule has 6 nitrogen and oxygen atoms in total. The molecule has 1 amide bonds. The summed E-state index contributed by atoms with van der Waals surface area (Å²) < 4.78 is 17.0. The van der Waals surface area contributed by atoms with E-state index in [1.54, 1.807) is 18.3 Å². The monoisotopic (exact) mass is 342 g/mol. The van der Waals surface area contributed by atoms with Gasteiger partial charge in [0.1, 0.15) is 0 Å². The summed E-state index contributed by atoms with van der Waals surface area (Å²) in [5.41, 5.74) is 0.934. The van der Waals surface area contributed by atoms with E-state index >= 15 is 0 Å². The van der Waals surface area contributed by atoms with E-state index in [0.29, 0.717) is 38.0 Å². The average molecular weight is 342 g/mol. The Morgan fingerprint density at radius 2 is 2.24 bits per heavy atom. The zero-order valence-electron chi connectivity index (χ0n) is 14.0. The predicted octanol–water partition coefficient (Wildman–Crippen LogP) is 2.51. The van der Waals surface area contributed by atoms with Gasteiger partial charge in [0.25, 0.3) is 5.91 Å². The second-order valence-corrected chi connectivity index (χ2v) is 6.63. The lowest BCUT2D eigenvalue weighted by molar-refractivity contribution is -0.0459. The largest absolute Gasteiger partial charge is 0.459 e. The minimum atomic E-state index is -0.0432. The number of aromatic nitrogens is 1. The molecule has 0 unspecified atom stereocenters. The molecule has 6 heteroatoms. The minimum Gasteiger partial charge on any atom is -0.459 e. The Morgan fingerprint density at radius 3 is 3.04 bits per heavy atom. The van der Waals surface area contributed by atoms with E-state index in [4.69, 9.17) is 13.9 Å². The topological polar surface area (TPSA) is 64.8 Å². The lowest BCUT2D eigenvalue weighted by atomic mass is 10.1. The van der Waals surface area contributed by atoms with Crippen molar-refractivity contribution in [1.29, 1.82) is 0 Å². The third-order valence-electron chi connectivity index (χ3n) is 4.96. The smallest absolute Gasteiger partial charge is 0.289 e. The molecule has 0 aromatic carbocycles. The molecule has 0 bridgehead atoms. The van der Waals surface area contributed by atoms with Crippen LogP contribution in [0.2, 0.25) is 0 Å². The summed E-state index contributed by atoms with van der Waals surface area (Å²) in [6, 6.07) is 9.38. The van der Waals surface area contributed by atoms with Gasteiger partial charge >= 0.3 is 0 Å². The van der Waals surface area contributed by atoms with Gasteiger partial charge in [-0.3, -0.25) is 9.78 Å². The van der Waals surface area contributed by atoms with Crippen LogP contribution in [0.4, 0.5) is 0 Å². The Balaban J connectivity index is 1.33. The quantitative estimate of drug-likeness (QED) is 0.835. The van der Waals surface area contributed by atoms with Gasteiger partial charge < -0.3 is 18.8 Å². The maximum atomic E-state index is 12.6. The lowest BCUT2D eigenvalue weighted by Gasteiger charge is -2.37. The Kier molecular flexibility index (Phi) is 4.81. The molecule has 0 radical (unpaired) electrons. The second-order valence-electron chi connectivity index (χ2n) is 6.63. The van der Waals surface area contributed by atoms with Crippen LogP contribution in [0.25, 0.3) is 0 Å². The molecule has 132 valence electrons. The first-order chi connectivity index (χ1) is 12.3. The summed E-state index contributed by atoms with van der Waals surface area (Å²) in [5.74, 6) is 0.748. The first-order valence-corrected chi connectivity index (χ1v) is 8.75. The van der Waals surface area contributed by atoms with Crippen molar-refractivity contribution >= 4 is 5.91 Å². The summed E-state index contributed by atoms with van der Waals surface area (Å²) in [4.78, 5) is 18.8. The number of rotatable bonds is 5. The third-order valence-corrected chi connectivity index (χ3v) is 4.96. The normalized spacial score (nSPS) is 25.8. The van der Waals surface area contributed by atoms with Crippen molar-refractivity contribution in [3.05, 3.63) is 54.2 Å². The molecule has 2 aromatic rings. The van der Waals surface area contributed by atoms with E-state index in [-0.39, 0.29) is 18.1 Å². The summed E-state index contributed by atoms with van der Waals surface area (Å²) in [7, 11) is 0. The van der Waals surface area contributed by atoms with Crippen LogP contribution in [0.5, 0.6) is 0 Å². The molecule has 1 aliphatic heterocycles. The number of carbonyl (C=O) groups is 1. The summed E-state index contributed by atoms with van der Waals surface area (Å²) >= 11 is 0. The van der Waals surface area contributed by atoms with E-state index < -0.39 is 0 Å². The van der Waals surface area contributed by atoms with Gasteiger partial charge in [-0.15, -0.1) is 0 Å². The van der Waals surface area contributed by atoms with Gasteiger partial charge in [-0.2, -0.15) is 0 Å². The van der Waals surface area contributed by atoms with E-state index in [1.807, 2.05) is 23.1 Å². The first kappa shape index (κ1) is 16.3. The molecular formula is C19H22N2O4. The van der Waals surface area contributed by atoms with Gasteiger partial charge in [-0.25, -0.2) is 0 Å². The van der Waals surface area contributed by atoms with E-state index in [1.165, 1.54) is 6.26 Å². The maximum absolute atomic E-state index is 12.6. The van der Waals surface area contributed by atoms with Crippen molar-refractivity contribution in [2.75, 3.05) is 19.8 Å². The number of furan rings is 1. The van der Waals surface area contributed by atoms with Crippen molar-refractivity contribution in [3.8, 4) is 0 Å². The number of hydrogen-bond acceptors (Lipinski definition) is 5. The van der Waals surface area contributed by atoms with E-state index in [9.17, 15) is 4.79 Å². The Bertz CT molecular complexity index is 689. The van der Waals surface area contributed by atoms with Gasteiger partial charge in [-0.1, -0.05) is 6.07 Å². The molecule has 1 saturated heterocycles. The van der Waals surface area contributed by atoms with Crippen LogP contribution in [0.15, 0.2) is 47.2 Å². The fourth-order valence-corrected chi connectivity index (χ4v) is 3.79. The van der Waals surface area contributed by atoms with Crippen molar-refractivity contribution in [2.45, 2.75) is 31.6 Å². The van der Waals surface area contributed by atoms with Gasteiger partial charge in [0, 0.05) is 12.7 Å². The van der Waals surface area contributed by atoms with E-state index in [0.717, 1.165) is 18.5 Å². The number of hydrogen-bond donors (Lipinski definition) is 0. The number of carbonyl (C=O) groups excluding carboxylic acids is 1. The Labute approximate surface area is 146 Å². The Hall–Kier alpha value is -2.18. The molecule has 2 fully saturated rings. The molecular weight excluding hydrogens is 320 g/mol. The number of amides is 1. The van der Waals surface area contributed by atoms with Crippen LogP contribution in [0.1, 0.15) is 29.1 Å². The lowest BCUT2D eigenvalue weighted by Crippen LogP contribution is -2.51. The highest BCUT2D eigenvalue weighted by atomic mass is 16.5. The molecule has 1 aliphatic carbocycles. The second kappa shape index (κ2) is 7.37. The molecule has 25 heavy (non-hydrogen) atoms. The zero-order chi connectivity index (χ0) is 17.1.